The average Bonchev–Trinajstić information content (AvgIpc) is 2.89. The van der Waals surface area contributed by atoms with Crippen molar-refractivity contribution in [3.8, 4) is 6.07 Å². The Balaban J connectivity index is 2.65. The number of hydrogen-bond acceptors (Lipinski definition) is 5. The van der Waals surface area contributed by atoms with Crippen LogP contribution < -0.4 is 5.32 Å². The number of anilines is 1. The van der Waals surface area contributed by atoms with E-state index in [4.69, 9.17) is 0 Å². The fourth-order valence-electron chi connectivity index (χ4n) is 2.15. The molecule has 0 saturated carbocycles. The molecule has 2 rings (SSSR count). The predicted molar refractivity (Wildman–Crippen MR) is 100 cm³/mol. The maximum absolute atomic E-state index is 14.0. The largest absolute Gasteiger partial charge is 0.382 e. The SMILES string of the molecule is CN(C)/C=C(\C#N)C(=O)c1cc2cc(F)c(NC=O)cc2n1SI. The van der Waals surface area contributed by atoms with E-state index in [9.17, 15) is 19.2 Å². The Hall–Kier alpha value is -2.06. The third-order valence-electron chi connectivity index (χ3n) is 3.11. The number of halogens is 2. The van der Waals surface area contributed by atoms with Gasteiger partial charge < -0.3 is 10.2 Å². The van der Waals surface area contributed by atoms with Crippen molar-refractivity contribution in [2.45, 2.75) is 0 Å². The van der Waals surface area contributed by atoms with Crippen molar-refractivity contribution in [3.63, 3.8) is 0 Å². The molecule has 124 valence electrons. The molecule has 1 aromatic heterocycles. The van der Waals surface area contributed by atoms with E-state index >= 15 is 0 Å². The van der Waals surface area contributed by atoms with Crippen LogP contribution in [0, 0.1) is 17.1 Å². The number of Topliss-reactive ketones (excluding diaryl/α,β-unsaturated/α-hetero) is 1. The number of benzene rings is 1. The molecule has 9 heteroatoms. The Labute approximate surface area is 154 Å². The number of nitriles is 1. The van der Waals surface area contributed by atoms with Crippen LogP contribution in [0.2, 0.25) is 0 Å². The zero-order valence-corrected chi connectivity index (χ0v) is 15.7. The number of nitrogens with one attached hydrogen (secondary N) is 1. The predicted octanol–water partition coefficient (Wildman–Crippen LogP) is 3.35. The van der Waals surface area contributed by atoms with Crippen molar-refractivity contribution in [1.29, 1.82) is 5.26 Å². The first kappa shape index (κ1) is 18.3. The second-order valence-corrected chi connectivity index (χ2v) is 6.68. The third-order valence-corrected chi connectivity index (χ3v) is 4.83. The van der Waals surface area contributed by atoms with Crippen molar-refractivity contribution >= 4 is 59.1 Å². The van der Waals surface area contributed by atoms with E-state index in [0.717, 1.165) is 0 Å². The minimum Gasteiger partial charge on any atom is -0.382 e. The van der Waals surface area contributed by atoms with Gasteiger partial charge in [-0.05, 0) is 18.2 Å². The molecule has 0 atom stereocenters. The van der Waals surface area contributed by atoms with Gasteiger partial charge in [-0.1, -0.05) is 0 Å². The quantitative estimate of drug-likeness (QED) is 0.236. The first-order valence-corrected chi connectivity index (χ1v) is 9.91. The fourth-order valence-corrected chi connectivity index (χ4v) is 3.86. The van der Waals surface area contributed by atoms with Gasteiger partial charge in [0, 0.05) is 56.0 Å². The molecule has 1 amide bonds. The number of carbonyl (C=O) groups is 2. The molecule has 0 bridgehead atoms. The lowest BCUT2D eigenvalue weighted by Gasteiger charge is -2.08. The van der Waals surface area contributed by atoms with E-state index in [1.54, 1.807) is 23.0 Å². The number of carbonyl (C=O) groups excluding carboxylic acids is 2. The topological polar surface area (TPSA) is 78.1 Å². The number of allylic oxidation sites excluding steroid dienone is 1. The molecule has 24 heavy (non-hydrogen) atoms. The Morgan fingerprint density at radius 3 is 2.71 bits per heavy atom. The summed E-state index contributed by atoms with van der Waals surface area (Å²) in [5.74, 6) is -1.06. The van der Waals surface area contributed by atoms with Gasteiger partial charge in [0.25, 0.3) is 0 Å². The van der Waals surface area contributed by atoms with Gasteiger partial charge >= 0.3 is 0 Å². The lowest BCUT2D eigenvalue weighted by atomic mass is 10.1. The van der Waals surface area contributed by atoms with Gasteiger partial charge in [-0.25, -0.2) is 4.39 Å². The Morgan fingerprint density at radius 2 is 2.17 bits per heavy atom. The number of fused-ring (bicyclic) bond motifs is 1. The lowest BCUT2D eigenvalue weighted by molar-refractivity contribution is -0.105. The maximum Gasteiger partial charge on any atom is 0.222 e. The molecule has 1 aromatic carbocycles. The molecule has 1 heterocycles. The molecule has 0 fully saturated rings. The summed E-state index contributed by atoms with van der Waals surface area (Å²) >= 11 is 1.99. The summed E-state index contributed by atoms with van der Waals surface area (Å²) in [6, 6.07) is 6.09. The van der Waals surface area contributed by atoms with Crippen LogP contribution in [0.25, 0.3) is 10.9 Å². The number of aromatic nitrogens is 1. The van der Waals surface area contributed by atoms with E-state index in [1.165, 1.54) is 33.5 Å². The van der Waals surface area contributed by atoms with Gasteiger partial charge in [0.1, 0.15) is 23.2 Å². The summed E-state index contributed by atoms with van der Waals surface area (Å²) in [5, 5.41) is 12.0. The number of amides is 1. The van der Waals surface area contributed by atoms with E-state index < -0.39 is 11.6 Å². The molecule has 6 nitrogen and oxygen atoms in total. The lowest BCUT2D eigenvalue weighted by Crippen LogP contribution is -2.11. The van der Waals surface area contributed by atoms with Crippen LogP contribution in [0.5, 0.6) is 0 Å². The minimum absolute atomic E-state index is 0.0191. The number of ketones is 1. The van der Waals surface area contributed by atoms with Crippen LogP contribution in [0.4, 0.5) is 10.1 Å². The summed E-state index contributed by atoms with van der Waals surface area (Å²) < 4.78 is 15.5. The summed E-state index contributed by atoms with van der Waals surface area (Å²) in [6.45, 7) is 0. The van der Waals surface area contributed by atoms with E-state index in [2.05, 4.69) is 5.32 Å². The molecule has 1 N–H and O–H groups in total. The van der Waals surface area contributed by atoms with Crippen LogP contribution in [-0.4, -0.2) is 35.2 Å². The van der Waals surface area contributed by atoms with Gasteiger partial charge in [0.05, 0.1) is 11.2 Å². The van der Waals surface area contributed by atoms with Crippen LogP contribution >= 0.6 is 30.3 Å². The molecule has 2 aromatic rings. The molecule has 0 radical (unpaired) electrons. The van der Waals surface area contributed by atoms with Crippen molar-refractivity contribution < 1.29 is 14.0 Å². The molecule has 0 aliphatic rings. The zero-order chi connectivity index (χ0) is 17.9. The third kappa shape index (κ3) is 3.54. The monoisotopic (exact) mass is 458 g/mol. The van der Waals surface area contributed by atoms with Crippen molar-refractivity contribution in [3.05, 3.63) is 41.5 Å². The Bertz CT molecular complexity index is 886. The average molecular weight is 458 g/mol. The highest BCUT2D eigenvalue weighted by atomic mass is 127. The summed E-state index contributed by atoms with van der Waals surface area (Å²) in [6.07, 6.45) is 1.82. The van der Waals surface area contributed by atoms with Crippen molar-refractivity contribution in [2.24, 2.45) is 0 Å². The standard InChI is InChI=1S/C15H12FIN4O2S/c1-20(2)7-10(6-18)15(23)14-4-9-3-11(16)12(19-8-22)5-13(9)21(14)24-17/h3-5,7-8H,1-2H3,(H,19,22)/b10-7+. The zero-order valence-electron chi connectivity index (χ0n) is 12.7. The number of hydrogen-bond donors (Lipinski definition) is 1. The highest BCUT2D eigenvalue weighted by Gasteiger charge is 2.21. The van der Waals surface area contributed by atoms with Gasteiger partial charge in [0.15, 0.2) is 0 Å². The normalized spacial score (nSPS) is 11.2. The number of nitrogens with zero attached hydrogens (tertiary/aromatic N) is 3. The van der Waals surface area contributed by atoms with Crippen molar-refractivity contribution in [2.75, 3.05) is 19.4 Å². The van der Waals surface area contributed by atoms with E-state index in [-0.39, 0.29) is 17.0 Å². The first-order chi connectivity index (χ1) is 11.4. The maximum atomic E-state index is 14.0. The summed E-state index contributed by atoms with van der Waals surface area (Å²) in [7, 11) is 4.63. The van der Waals surface area contributed by atoms with Crippen LogP contribution in [0.3, 0.4) is 0 Å². The molecule has 0 saturated heterocycles. The first-order valence-electron chi connectivity index (χ1n) is 6.60. The molecular formula is C15H12FIN4O2S. The van der Waals surface area contributed by atoms with Gasteiger partial charge in [-0.3, -0.25) is 13.6 Å². The smallest absolute Gasteiger partial charge is 0.222 e. The molecule has 0 unspecified atom stereocenters. The fraction of sp³-hybridized carbons (Fsp3) is 0.133. The van der Waals surface area contributed by atoms with E-state index in [1.807, 2.05) is 27.3 Å². The Kier molecular flexibility index (Phi) is 5.84. The van der Waals surface area contributed by atoms with Gasteiger partial charge in [-0.15, -0.1) is 0 Å². The minimum atomic E-state index is -0.603. The molecule has 0 aliphatic carbocycles. The Morgan fingerprint density at radius 1 is 1.46 bits per heavy atom. The molecule has 0 aliphatic heterocycles. The van der Waals surface area contributed by atoms with Crippen LogP contribution in [-0.2, 0) is 4.79 Å². The second-order valence-electron chi connectivity index (χ2n) is 4.99. The highest BCUT2D eigenvalue weighted by molar-refractivity contribution is 14.2. The van der Waals surface area contributed by atoms with Gasteiger partial charge in [-0.2, -0.15) is 5.26 Å². The van der Waals surface area contributed by atoms with Crippen LogP contribution in [0.1, 0.15) is 10.5 Å². The van der Waals surface area contributed by atoms with Crippen molar-refractivity contribution in [1.82, 2.24) is 8.87 Å². The van der Waals surface area contributed by atoms with Crippen LogP contribution in [0.15, 0.2) is 30.0 Å². The summed E-state index contributed by atoms with van der Waals surface area (Å²) in [5.41, 5.74) is 0.805. The highest BCUT2D eigenvalue weighted by Crippen LogP contribution is 2.32. The van der Waals surface area contributed by atoms with E-state index in [0.29, 0.717) is 17.3 Å². The number of rotatable bonds is 6. The molecular weight excluding hydrogens is 446 g/mol. The summed E-state index contributed by atoms with van der Waals surface area (Å²) in [4.78, 5) is 24.8. The second kappa shape index (κ2) is 7.67. The van der Waals surface area contributed by atoms with Gasteiger partial charge in [0.2, 0.25) is 12.2 Å². The molecule has 0 spiro atoms.